The first-order chi connectivity index (χ1) is 26.0. The van der Waals surface area contributed by atoms with Gasteiger partial charge in [0, 0.05) is 32.4 Å². The summed E-state index contributed by atoms with van der Waals surface area (Å²) >= 11 is 9.45. The third-order valence-corrected chi connectivity index (χ3v) is 13.1. The standard InChI is InChI=1S/C49H57ClN2O3S/c1-28(2)49(12,13)34-18-23-41-37(26-34)40(27-56-41)51(35-19-14-32(15-20-35)47(6,7)8)38-24-29(3)25-39(42(38)50)52(36-21-16-33(17-22-36)48(9,10)11)43-44(53)30(4)31(5)45(54)46(43)55/h14-28,53-55H,1-13H3. The van der Waals surface area contributed by atoms with Gasteiger partial charge in [-0.25, -0.2) is 0 Å². The lowest BCUT2D eigenvalue weighted by Gasteiger charge is -2.33. The van der Waals surface area contributed by atoms with Gasteiger partial charge in [-0.15, -0.1) is 11.3 Å². The van der Waals surface area contributed by atoms with Gasteiger partial charge in [-0.1, -0.05) is 111 Å². The minimum Gasteiger partial charge on any atom is -0.505 e. The molecule has 0 aliphatic heterocycles. The van der Waals surface area contributed by atoms with E-state index in [0.29, 0.717) is 33.4 Å². The molecule has 0 spiro atoms. The predicted octanol–water partition coefficient (Wildman–Crippen LogP) is 15.1. The minimum absolute atomic E-state index is 0.0330. The summed E-state index contributed by atoms with van der Waals surface area (Å²) in [5.74, 6) is -0.432. The maximum absolute atomic E-state index is 11.8. The Morgan fingerprint density at radius 2 is 1.04 bits per heavy atom. The van der Waals surface area contributed by atoms with Crippen LogP contribution in [-0.4, -0.2) is 15.3 Å². The zero-order valence-corrected chi connectivity index (χ0v) is 36.8. The average molecular weight is 790 g/mol. The monoisotopic (exact) mass is 788 g/mol. The molecule has 5 nitrogen and oxygen atoms in total. The van der Waals surface area contributed by atoms with Crippen LogP contribution in [0.4, 0.5) is 34.1 Å². The number of aryl methyl sites for hydroxylation is 1. The van der Waals surface area contributed by atoms with Crippen LogP contribution in [0.3, 0.4) is 0 Å². The summed E-state index contributed by atoms with van der Waals surface area (Å²) in [6.45, 7) is 27.7. The van der Waals surface area contributed by atoms with Crippen LogP contribution in [0.5, 0.6) is 17.2 Å². The molecule has 6 aromatic rings. The molecule has 1 aromatic heterocycles. The number of fused-ring (bicyclic) bond motifs is 1. The van der Waals surface area contributed by atoms with Crippen LogP contribution in [0.25, 0.3) is 10.1 Å². The van der Waals surface area contributed by atoms with Gasteiger partial charge in [-0.05, 0) is 119 Å². The highest BCUT2D eigenvalue weighted by Crippen LogP contribution is 2.56. The lowest BCUT2D eigenvalue weighted by atomic mass is 9.75. The molecule has 5 aromatic carbocycles. The van der Waals surface area contributed by atoms with Gasteiger partial charge >= 0.3 is 0 Å². The van der Waals surface area contributed by atoms with Gasteiger partial charge in [0.1, 0.15) is 11.4 Å². The summed E-state index contributed by atoms with van der Waals surface area (Å²) in [5, 5.41) is 38.4. The quantitative estimate of drug-likeness (QED) is 0.106. The van der Waals surface area contributed by atoms with Crippen LogP contribution < -0.4 is 9.80 Å². The molecule has 3 N–H and O–H groups in total. The SMILES string of the molecule is Cc1cc(N(c2ccc(C(C)(C)C)cc2)c2c(O)c(C)c(C)c(O)c2O)c(Cl)c(N(c2ccc(C(C)(C)C)cc2)c2csc3ccc(C(C)(C)C(C)C)cc23)c1. The largest absolute Gasteiger partial charge is 0.505 e. The highest BCUT2D eigenvalue weighted by atomic mass is 35.5. The van der Waals surface area contributed by atoms with Crippen LogP contribution in [0.1, 0.15) is 103 Å². The molecule has 0 unspecified atom stereocenters. The zero-order chi connectivity index (χ0) is 41.2. The second kappa shape index (κ2) is 14.7. The van der Waals surface area contributed by atoms with Gasteiger partial charge in [0.25, 0.3) is 0 Å². The van der Waals surface area contributed by atoms with E-state index in [9.17, 15) is 15.3 Å². The molecule has 0 saturated carbocycles. The van der Waals surface area contributed by atoms with Crippen molar-refractivity contribution in [2.45, 2.75) is 106 Å². The van der Waals surface area contributed by atoms with Gasteiger partial charge in [-0.3, -0.25) is 0 Å². The Hall–Kier alpha value is -4.65. The van der Waals surface area contributed by atoms with E-state index in [1.165, 1.54) is 15.8 Å². The molecular formula is C49H57ClN2O3S. The van der Waals surface area contributed by atoms with E-state index in [2.05, 4.69) is 140 Å². The van der Waals surface area contributed by atoms with Crippen molar-refractivity contribution in [1.29, 1.82) is 0 Å². The summed E-state index contributed by atoms with van der Waals surface area (Å²) in [5.41, 5.74) is 9.14. The third-order valence-electron chi connectivity index (χ3n) is 11.8. The van der Waals surface area contributed by atoms with Gasteiger partial charge < -0.3 is 25.1 Å². The molecule has 0 bridgehead atoms. The summed E-state index contributed by atoms with van der Waals surface area (Å²) in [7, 11) is 0. The van der Waals surface area contributed by atoms with Crippen molar-refractivity contribution in [2.24, 2.45) is 5.92 Å². The molecule has 7 heteroatoms. The van der Waals surface area contributed by atoms with Crippen molar-refractivity contribution in [3.8, 4) is 17.2 Å². The molecule has 6 rings (SSSR count). The molecule has 0 aliphatic rings. The van der Waals surface area contributed by atoms with Crippen LogP contribution >= 0.6 is 22.9 Å². The number of rotatable bonds is 8. The second-order valence-electron chi connectivity index (χ2n) is 18.2. The summed E-state index contributed by atoms with van der Waals surface area (Å²) in [6.07, 6.45) is 0. The first kappa shape index (κ1) is 41.0. The molecule has 56 heavy (non-hydrogen) atoms. The maximum atomic E-state index is 11.8. The highest BCUT2D eigenvalue weighted by Gasteiger charge is 2.31. The molecule has 0 amide bonds. The highest BCUT2D eigenvalue weighted by molar-refractivity contribution is 7.17. The van der Waals surface area contributed by atoms with Crippen molar-refractivity contribution in [3.05, 3.63) is 123 Å². The van der Waals surface area contributed by atoms with E-state index >= 15 is 0 Å². The van der Waals surface area contributed by atoms with Gasteiger partial charge in [0.15, 0.2) is 11.5 Å². The maximum Gasteiger partial charge on any atom is 0.186 e. The Balaban J connectivity index is 1.68. The molecule has 0 aliphatic carbocycles. The van der Waals surface area contributed by atoms with Gasteiger partial charge in [-0.2, -0.15) is 0 Å². The van der Waals surface area contributed by atoms with Crippen molar-refractivity contribution in [2.75, 3.05) is 9.80 Å². The molecule has 0 radical (unpaired) electrons. The topological polar surface area (TPSA) is 67.2 Å². The Labute approximate surface area is 342 Å². The van der Waals surface area contributed by atoms with Crippen LogP contribution in [-0.2, 0) is 16.2 Å². The minimum atomic E-state index is -0.427. The lowest BCUT2D eigenvalue weighted by Crippen LogP contribution is -2.24. The van der Waals surface area contributed by atoms with E-state index in [1.807, 2.05) is 25.1 Å². The van der Waals surface area contributed by atoms with Crippen molar-refractivity contribution >= 4 is 67.1 Å². The van der Waals surface area contributed by atoms with E-state index in [0.717, 1.165) is 33.6 Å². The van der Waals surface area contributed by atoms with Crippen molar-refractivity contribution in [3.63, 3.8) is 0 Å². The fraction of sp³-hybridized carbons (Fsp3) is 0.347. The first-order valence-corrected chi connectivity index (χ1v) is 20.7. The predicted molar refractivity (Wildman–Crippen MR) is 241 cm³/mol. The lowest BCUT2D eigenvalue weighted by molar-refractivity contribution is 0.372. The van der Waals surface area contributed by atoms with E-state index in [-0.39, 0.29) is 33.4 Å². The normalized spacial score (nSPS) is 12.5. The molecular weight excluding hydrogens is 732 g/mol. The number of phenols is 3. The van der Waals surface area contributed by atoms with Gasteiger partial charge in [0.2, 0.25) is 0 Å². The molecule has 0 saturated heterocycles. The van der Waals surface area contributed by atoms with Crippen LogP contribution in [0, 0.1) is 26.7 Å². The Morgan fingerprint density at radius 3 is 1.54 bits per heavy atom. The Kier molecular flexibility index (Phi) is 10.8. The Bertz CT molecular complexity index is 2380. The van der Waals surface area contributed by atoms with Crippen molar-refractivity contribution < 1.29 is 15.3 Å². The van der Waals surface area contributed by atoms with Crippen LogP contribution in [0.2, 0.25) is 5.02 Å². The third kappa shape index (κ3) is 7.34. The fourth-order valence-corrected chi connectivity index (χ4v) is 8.33. The summed E-state index contributed by atoms with van der Waals surface area (Å²) < 4.78 is 1.17. The molecule has 294 valence electrons. The number of anilines is 6. The summed E-state index contributed by atoms with van der Waals surface area (Å²) in [6, 6.07) is 27.6. The number of benzene rings is 5. The fourth-order valence-electron chi connectivity index (χ4n) is 7.14. The number of nitrogens with zero attached hydrogens (tertiary/aromatic N) is 2. The van der Waals surface area contributed by atoms with E-state index in [1.54, 1.807) is 30.1 Å². The van der Waals surface area contributed by atoms with E-state index < -0.39 is 5.75 Å². The smallest absolute Gasteiger partial charge is 0.186 e. The number of halogens is 1. The number of phenolic OH excluding ortho intramolecular Hbond substituents is 3. The van der Waals surface area contributed by atoms with Gasteiger partial charge in [0.05, 0.1) is 22.1 Å². The first-order valence-electron chi connectivity index (χ1n) is 19.4. The Morgan fingerprint density at radius 1 is 0.571 bits per heavy atom. The molecule has 1 heterocycles. The molecule has 0 fully saturated rings. The number of hydrogen-bond donors (Lipinski definition) is 3. The van der Waals surface area contributed by atoms with Crippen LogP contribution in [0.15, 0.2) is 84.2 Å². The number of thiophene rings is 1. The van der Waals surface area contributed by atoms with Crippen molar-refractivity contribution in [1.82, 2.24) is 0 Å². The molecule has 0 atom stereocenters. The number of hydrogen-bond acceptors (Lipinski definition) is 6. The van der Waals surface area contributed by atoms with E-state index in [4.69, 9.17) is 11.6 Å². The summed E-state index contributed by atoms with van der Waals surface area (Å²) in [4.78, 5) is 3.99. The second-order valence-corrected chi connectivity index (χ2v) is 19.5. The zero-order valence-electron chi connectivity index (χ0n) is 35.2. The average Bonchev–Trinajstić information content (AvgIpc) is 3.55. The number of aromatic hydroxyl groups is 3.